The van der Waals surface area contributed by atoms with Gasteiger partial charge in [-0.2, -0.15) is 0 Å². The summed E-state index contributed by atoms with van der Waals surface area (Å²) < 4.78 is 5.29. The highest BCUT2D eigenvalue weighted by molar-refractivity contribution is 14.0. The molecular formula is C13H21ClIN3O. The molecule has 1 rings (SSSR count). The molecule has 0 bridgehead atoms. The minimum absolute atomic E-state index is 0. The molecule has 0 spiro atoms. The summed E-state index contributed by atoms with van der Waals surface area (Å²) in [6, 6.07) is 5.93. The van der Waals surface area contributed by atoms with Crippen LogP contribution in [0.15, 0.2) is 23.2 Å². The smallest absolute Gasteiger partial charge is 0.191 e. The average Bonchev–Trinajstić information content (AvgIpc) is 2.34. The first-order valence-electron chi connectivity index (χ1n) is 5.86. The highest BCUT2D eigenvalue weighted by atomic mass is 127. The average molecular weight is 398 g/mol. The minimum atomic E-state index is 0. The molecule has 0 unspecified atom stereocenters. The summed E-state index contributed by atoms with van der Waals surface area (Å²) in [6.45, 7) is 4.76. The van der Waals surface area contributed by atoms with Crippen molar-refractivity contribution < 1.29 is 4.74 Å². The number of methoxy groups -OCH3 is 1. The van der Waals surface area contributed by atoms with Crippen LogP contribution in [0.1, 0.15) is 19.4 Å². The molecule has 0 aliphatic rings. The number of hydrogen-bond donors (Lipinski definition) is 2. The van der Waals surface area contributed by atoms with E-state index in [1.807, 2.05) is 12.1 Å². The van der Waals surface area contributed by atoms with Crippen LogP contribution >= 0.6 is 35.6 Å². The molecule has 6 heteroatoms. The van der Waals surface area contributed by atoms with Gasteiger partial charge in [-0.15, -0.1) is 24.0 Å². The number of guanidine groups is 1. The normalized spacial score (nSPS) is 10.9. The molecule has 1 aromatic carbocycles. The Hall–Kier alpha value is -0.690. The maximum Gasteiger partial charge on any atom is 0.191 e. The summed E-state index contributed by atoms with van der Waals surface area (Å²) in [5.74, 6) is 1.54. The Bertz CT molecular complexity index is 424. The van der Waals surface area contributed by atoms with E-state index >= 15 is 0 Å². The van der Waals surface area contributed by atoms with Crippen LogP contribution in [0, 0.1) is 0 Å². The molecule has 0 heterocycles. The van der Waals surface area contributed by atoms with E-state index in [2.05, 4.69) is 29.5 Å². The molecule has 0 atom stereocenters. The van der Waals surface area contributed by atoms with Crippen LogP contribution in [0.2, 0.25) is 5.02 Å². The zero-order valence-corrected chi connectivity index (χ0v) is 14.7. The molecular weight excluding hydrogens is 377 g/mol. The van der Waals surface area contributed by atoms with Crippen molar-refractivity contribution >= 4 is 41.5 Å². The highest BCUT2D eigenvalue weighted by Crippen LogP contribution is 2.22. The Balaban J connectivity index is 0.00000324. The van der Waals surface area contributed by atoms with Gasteiger partial charge in [0.2, 0.25) is 0 Å². The predicted octanol–water partition coefficient (Wildman–Crippen LogP) is 3.04. The summed E-state index contributed by atoms with van der Waals surface area (Å²) in [7, 11) is 3.38. The van der Waals surface area contributed by atoms with Crippen molar-refractivity contribution in [2.75, 3.05) is 14.2 Å². The molecule has 0 amide bonds. The number of aliphatic imine (C=N–C) groups is 1. The van der Waals surface area contributed by atoms with Gasteiger partial charge in [-0.25, -0.2) is 0 Å². The third kappa shape index (κ3) is 6.33. The molecule has 1 aromatic rings. The Morgan fingerprint density at radius 1 is 1.42 bits per heavy atom. The van der Waals surface area contributed by atoms with E-state index in [-0.39, 0.29) is 24.0 Å². The number of hydrogen-bond acceptors (Lipinski definition) is 2. The van der Waals surface area contributed by atoms with Gasteiger partial charge in [-0.3, -0.25) is 4.99 Å². The van der Waals surface area contributed by atoms with E-state index in [1.54, 1.807) is 20.2 Å². The van der Waals surface area contributed by atoms with Crippen LogP contribution in [0.3, 0.4) is 0 Å². The van der Waals surface area contributed by atoms with E-state index in [0.717, 1.165) is 17.3 Å². The quantitative estimate of drug-likeness (QED) is 0.466. The van der Waals surface area contributed by atoms with Crippen molar-refractivity contribution in [2.45, 2.75) is 26.4 Å². The third-order valence-electron chi connectivity index (χ3n) is 2.34. The summed E-state index contributed by atoms with van der Waals surface area (Å²) >= 11 is 5.92. The standard InChI is InChI=1S/C13H20ClN3O.HI/c1-9(2)17-13(15-3)16-8-10-5-6-11(14)7-12(10)18-4;/h5-7,9H,8H2,1-4H3,(H2,15,16,17);1H. The first kappa shape index (κ1) is 18.3. The van der Waals surface area contributed by atoms with E-state index in [1.165, 1.54) is 0 Å². The fourth-order valence-electron chi connectivity index (χ4n) is 1.51. The predicted molar refractivity (Wildman–Crippen MR) is 91.9 cm³/mol. The van der Waals surface area contributed by atoms with Gasteiger partial charge in [0.05, 0.1) is 7.11 Å². The van der Waals surface area contributed by atoms with E-state index in [4.69, 9.17) is 16.3 Å². The second-order valence-electron chi connectivity index (χ2n) is 4.18. The zero-order chi connectivity index (χ0) is 13.5. The molecule has 0 aromatic heterocycles. The Morgan fingerprint density at radius 2 is 2.11 bits per heavy atom. The number of ether oxygens (including phenoxy) is 1. The van der Waals surface area contributed by atoms with Crippen molar-refractivity contribution in [1.82, 2.24) is 10.6 Å². The monoisotopic (exact) mass is 397 g/mol. The molecule has 0 radical (unpaired) electrons. The molecule has 4 nitrogen and oxygen atoms in total. The van der Waals surface area contributed by atoms with Gasteiger partial charge in [0, 0.05) is 30.2 Å². The summed E-state index contributed by atoms with van der Waals surface area (Å²) in [6.07, 6.45) is 0. The lowest BCUT2D eigenvalue weighted by atomic mass is 10.2. The third-order valence-corrected chi connectivity index (χ3v) is 2.58. The minimum Gasteiger partial charge on any atom is -0.496 e. The van der Waals surface area contributed by atoms with Gasteiger partial charge in [0.15, 0.2) is 5.96 Å². The van der Waals surface area contributed by atoms with Crippen LogP contribution in [0.4, 0.5) is 0 Å². The van der Waals surface area contributed by atoms with Gasteiger partial charge >= 0.3 is 0 Å². The fraction of sp³-hybridized carbons (Fsp3) is 0.462. The maximum atomic E-state index is 5.92. The molecule has 0 saturated carbocycles. The van der Waals surface area contributed by atoms with Gasteiger partial charge in [0.25, 0.3) is 0 Å². The van der Waals surface area contributed by atoms with E-state index < -0.39 is 0 Å². The highest BCUT2D eigenvalue weighted by Gasteiger charge is 2.05. The molecule has 0 fully saturated rings. The molecule has 0 aliphatic carbocycles. The lowest BCUT2D eigenvalue weighted by Gasteiger charge is -2.15. The SMILES string of the molecule is CN=C(NCc1ccc(Cl)cc1OC)NC(C)C.I. The summed E-state index contributed by atoms with van der Waals surface area (Å²) in [5, 5.41) is 7.11. The first-order valence-corrected chi connectivity index (χ1v) is 6.24. The van der Waals surface area contributed by atoms with Crippen molar-refractivity contribution in [3.8, 4) is 5.75 Å². The molecule has 108 valence electrons. The van der Waals surface area contributed by atoms with Crippen molar-refractivity contribution in [3.63, 3.8) is 0 Å². The Kier molecular flexibility index (Phi) is 8.92. The fourth-order valence-corrected chi connectivity index (χ4v) is 1.67. The van der Waals surface area contributed by atoms with Crippen LogP contribution in [-0.4, -0.2) is 26.2 Å². The molecule has 0 aliphatic heterocycles. The van der Waals surface area contributed by atoms with Gasteiger partial charge < -0.3 is 15.4 Å². The largest absolute Gasteiger partial charge is 0.496 e. The van der Waals surface area contributed by atoms with Crippen molar-refractivity contribution in [2.24, 2.45) is 4.99 Å². The number of halogens is 2. The Morgan fingerprint density at radius 3 is 2.63 bits per heavy atom. The lowest BCUT2D eigenvalue weighted by Crippen LogP contribution is -2.40. The van der Waals surface area contributed by atoms with Crippen LogP contribution in [0.25, 0.3) is 0 Å². The number of benzene rings is 1. The van der Waals surface area contributed by atoms with Gasteiger partial charge in [-0.05, 0) is 26.0 Å². The molecule has 19 heavy (non-hydrogen) atoms. The molecule has 2 N–H and O–H groups in total. The molecule has 0 saturated heterocycles. The number of nitrogens with one attached hydrogen (secondary N) is 2. The van der Waals surface area contributed by atoms with Gasteiger partial charge in [-0.1, -0.05) is 17.7 Å². The Labute approximate surface area is 137 Å². The summed E-state index contributed by atoms with van der Waals surface area (Å²) in [4.78, 5) is 4.14. The van der Waals surface area contributed by atoms with Crippen LogP contribution < -0.4 is 15.4 Å². The maximum absolute atomic E-state index is 5.92. The number of rotatable bonds is 4. The van der Waals surface area contributed by atoms with Crippen LogP contribution in [0.5, 0.6) is 5.75 Å². The summed E-state index contributed by atoms with van der Waals surface area (Å²) in [5.41, 5.74) is 1.04. The topological polar surface area (TPSA) is 45.7 Å². The van der Waals surface area contributed by atoms with Crippen molar-refractivity contribution in [1.29, 1.82) is 0 Å². The lowest BCUT2D eigenvalue weighted by molar-refractivity contribution is 0.409. The van der Waals surface area contributed by atoms with Gasteiger partial charge in [0.1, 0.15) is 5.75 Å². The van der Waals surface area contributed by atoms with E-state index in [0.29, 0.717) is 17.6 Å². The van der Waals surface area contributed by atoms with E-state index in [9.17, 15) is 0 Å². The van der Waals surface area contributed by atoms with Crippen molar-refractivity contribution in [3.05, 3.63) is 28.8 Å². The number of nitrogens with zero attached hydrogens (tertiary/aromatic N) is 1. The van der Waals surface area contributed by atoms with Crippen LogP contribution in [-0.2, 0) is 6.54 Å². The first-order chi connectivity index (χ1) is 8.56. The second-order valence-corrected chi connectivity index (χ2v) is 4.62. The zero-order valence-electron chi connectivity index (χ0n) is 11.7. The second kappa shape index (κ2) is 9.25.